The van der Waals surface area contributed by atoms with Crippen molar-refractivity contribution in [2.75, 3.05) is 66.6 Å². The molecule has 4 nitrogen and oxygen atoms in total. The Balaban J connectivity index is 0.00000351. The van der Waals surface area contributed by atoms with E-state index in [0.29, 0.717) is 0 Å². The summed E-state index contributed by atoms with van der Waals surface area (Å²) >= 11 is 0. The Labute approximate surface area is 347 Å². The maximum Gasteiger partial charge on any atom is 0.235 e. The van der Waals surface area contributed by atoms with Crippen LogP contribution in [0.4, 0.5) is 0 Å². The molecule has 0 N–H and O–H groups in total. The molecule has 288 valence electrons. The molecule has 0 amide bonds. The standard InChI is InChI=1S/C45H72N2O2.2H2I/c1-7-46(5,8-2)27-15-11-13-17-29-48-42-23-19-38(20-24-42)44(45-40-32-36-31-37(34-40)35-41(45)33-36)39-21-25-43(26-22-39)49-30-18-14-12-16-28-47(6,9-3)10-4;;/h19-26,36-37,40-41H,7-18,27-35H2,1-6H3;2*1H2/q+2;2*+1. The van der Waals surface area contributed by atoms with Gasteiger partial charge in [0.2, 0.25) is 48.0 Å². The molecule has 4 aliphatic rings. The van der Waals surface area contributed by atoms with Crippen LogP contribution in [0, 0.1) is 23.7 Å². The van der Waals surface area contributed by atoms with E-state index in [0.717, 1.165) is 61.2 Å². The molecule has 0 aliphatic heterocycles. The van der Waals surface area contributed by atoms with Crippen LogP contribution in [0.5, 0.6) is 11.5 Å². The third kappa shape index (κ3) is 12.6. The van der Waals surface area contributed by atoms with E-state index in [-0.39, 0.29) is 48.0 Å². The number of unbranched alkanes of at least 4 members (excludes halogenated alkanes) is 6. The van der Waals surface area contributed by atoms with E-state index < -0.39 is 0 Å². The average Bonchev–Trinajstić information content (AvgIpc) is 3.12. The van der Waals surface area contributed by atoms with Crippen molar-refractivity contribution < 1.29 is 66.4 Å². The van der Waals surface area contributed by atoms with E-state index in [2.05, 4.69) is 90.3 Å². The summed E-state index contributed by atoms with van der Waals surface area (Å²) in [7, 11) is 4.78. The van der Waals surface area contributed by atoms with Crippen LogP contribution in [0.25, 0.3) is 5.57 Å². The van der Waals surface area contributed by atoms with Crippen molar-refractivity contribution in [3.8, 4) is 11.5 Å². The van der Waals surface area contributed by atoms with Gasteiger partial charge in [-0.2, -0.15) is 0 Å². The summed E-state index contributed by atoms with van der Waals surface area (Å²) in [6.07, 6.45) is 17.1. The fraction of sp³-hybridized carbons (Fsp3) is 0.689. The SMILES string of the molecule is CC[N+](C)(CC)CCCCCCOc1ccc(C(=C2C3CC4CC(C3)CC2C4)c2ccc(OCCCCCC[N+](C)(CC)CC)cc2)cc1.[IH2+].[IH2+]. The Morgan fingerprint density at radius 1 is 0.510 bits per heavy atom. The van der Waals surface area contributed by atoms with Gasteiger partial charge in [-0.15, -0.1) is 0 Å². The zero-order valence-electron chi connectivity index (χ0n) is 33.4. The predicted octanol–water partition coefficient (Wildman–Crippen LogP) is 3.73. The van der Waals surface area contributed by atoms with Crippen LogP contribution in [0.2, 0.25) is 0 Å². The van der Waals surface area contributed by atoms with Crippen LogP contribution in [-0.2, 0) is 0 Å². The maximum absolute atomic E-state index is 6.25. The maximum atomic E-state index is 6.25. The van der Waals surface area contributed by atoms with Gasteiger partial charge >= 0.3 is 0 Å². The second-order valence-electron chi connectivity index (χ2n) is 16.7. The van der Waals surface area contributed by atoms with Gasteiger partial charge in [0.15, 0.2) is 0 Å². The molecule has 2 aromatic rings. The molecule has 0 atom stereocenters. The monoisotopic (exact) mass is 930 g/mol. The number of hydrogen-bond acceptors (Lipinski definition) is 2. The van der Waals surface area contributed by atoms with E-state index in [1.807, 2.05) is 0 Å². The number of quaternary nitrogens is 2. The molecule has 51 heavy (non-hydrogen) atoms. The van der Waals surface area contributed by atoms with Crippen LogP contribution in [-0.4, -0.2) is 75.5 Å². The highest BCUT2D eigenvalue weighted by molar-refractivity contribution is 5.83. The first kappa shape index (κ1) is 44.6. The molecule has 0 spiro atoms. The Morgan fingerprint density at radius 2 is 0.863 bits per heavy atom. The number of halogens is 2. The van der Waals surface area contributed by atoms with E-state index in [9.17, 15) is 0 Å². The smallest absolute Gasteiger partial charge is 0.235 e. The molecule has 6 rings (SSSR count). The van der Waals surface area contributed by atoms with Gasteiger partial charge in [-0.3, -0.25) is 0 Å². The van der Waals surface area contributed by atoms with Crippen LogP contribution in [0.15, 0.2) is 54.1 Å². The van der Waals surface area contributed by atoms with E-state index >= 15 is 0 Å². The summed E-state index contributed by atoms with van der Waals surface area (Å²) in [6.45, 7) is 18.4. The molecule has 0 radical (unpaired) electrons. The predicted molar refractivity (Wildman–Crippen MR) is 214 cm³/mol. The van der Waals surface area contributed by atoms with Crippen LogP contribution >= 0.6 is 0 Å². The molecule has 4 saturated carbocycles. The number of ether oxygens (including phenoxy) is 2. The van der Waals surface area contributed by atoms with Gasteiger partial charge in [-0.1, -0.05) is 29.8 Å². The van der Waals surface area contributed by atoms with Crippen LogP contribution in [0.3, 0.4) is 0 Å². The molecule has 4 aliphatic carbocycles. The first-order valence-corrected chi connectivity index (χ1v) is 20.7. The number of nitrogens with zero attached hydrogens (tertiary/aromatic N) is 2. The lowest BCUT2D eigenvalue weighted by molar-refractivity contribution is -0.906. The van der Waals surface area contributed by atoms with Crippen LogP contribution < -0.4 is 57.4 Å². The third-order valence-corrected chi connectivity index (χ3v) is 13.4. The van der Waals surface area contributed by atoms with Gasteiger partial charge in [0.25, 0.3) is 0 Å². The Hall–Kier alpha value is -0.840. The summed E-state index contributed by atoms with van der Waals surface area (Å²) in [5.74, 6) is 5.45. The zero-order chi connectivity index (χ0) is 34.7. The van der Waals surface area contributed by atoms with Crippen molar-refractivity contribution in [2.45, 2.75) is 111 Å². The van der Waals surface area contributed by atoms with E-state index in [1.54, 1.807) is 5.57 Å². The molecular formula is C45H76I2N2O2+4. The lowest BCUT2D eigenvalue weighted by Crippen LogP contribution is -3.00. The normalized spacial score (nSPS) is 20.9. The van der Waals surface area contributed by atoms with Gasteiger partial charge in [-0.25, -0.2) is 0 Å². The second-order valence-corrected chi connectivity index (χ2v) is 16.7. The number of hydrogen-bond donors (Lipinski definition) is 0. The molecule has 0 heterocycles. The minimum Gasteiger partial charge on any atom is -0.494 e. The molecule has 4 fully saturated rings. The summed E-state index contributed by atoms with van der Waals surface area (Å²) in [5, 5.41) is 0. The molecule has 0 saturated heterocycles. The van der Waals surface area contributed by atoms with Crippen molar-refractivity contribution in [2.24, 2.45) is 23.7 Å². The number of benzene rings is 2. The highest BCUT2D eigenvalue weighted by Gasteiger charge is 2.46. The first-order chi connectivity index (χ1) is 23.8. The molecule has 4 bridgehead atoms. The molecule has 0 aromatic heterocycles. The summed E-state index contributed by atoms with van der Waals surface area (Å²) in [4.78, 5) is 0. The van der Waals surface area contributed by atoms with Crippen molar-refractivity contribution in [3.63, 3.8) is 0 Å². The lowest BCUT2D eigenvalue weighted by Gasteiger charge is -2.52. The molecule has 0 unspecified atom stereocenters. The van der Waals surface area contributed by atoms with Crippen molar-refractivity contribution in [1.82, 2.24) is 0 Å². The first-order valence-electron chi connectivity index (χ1n) is 20.7. The largest absolute Gasteiger partial charge is 0.494 e. The summed E-state index contributed by atoms with van der Waals surface area (Å²) < 4.78 is 14.9. The minimum atomic E-state index is 0. The third-order valence-electron chi connectivity index (χ3n) is 13.4. The van der Waals surface area contributed by atoms with Crippen molar-refractivity contribution in [1.29, 1.82) is 0 Å². The fourth-order valence-electron chi connectivity index (χ4n) is 9.39. The van der Waals surface area contributed by atoms with Gasteiger partial charge in [0.05, 0.1) is 66.6 Å². The highest BCUT2D eigenvalue weighted by Crippen LogP contribution is 2.58. The Kier molecular flexibility index (Phi) is 19.1. The molecular weight excluding hydrogens is 854 g/mol. The Morgan fingerprint density at radius 3 is 1.22 bits per heavy atom. The molecule has 2 aromatic carbocycles. The van der Waals surface area contributed by atoms with Gasteiger partial charge < -0.3 is 18.4 Å². The number of allylic oxidation sites excluding steroid dienone is 1. The topological polar surface area (TPSA) is 18.5 Å². The average molecular weight is 931 g/mol. The van der Waals surface area contributed by atoms with E-state index in [4.69, 9.17) is 9.47 Å². The van der Waals surface area contributed by atoms with E-state index in [1.165, 1.54) is 136 Å². The van der Waals surface area contributed by atoms with Gasteiger partial charge in [0, 0.05) is 0 Å². The van der Waals surface area contributed by atoms with Gasteiger partial charge in [0.1, 0.15) is 11.5 Å². The van der Waals surface area contributed by atoms with Crippen LogP contribution in [0.1, 0.15) is 122 Å². The number of rotatable bonds is 22. The quantitative estimate of drug-likeness (QED) is 0.102. The zero-order valence-corrected chi connectivity index (χ0v) is 38.5. The second kappa shape index (κ2) is 21.9. The lowest BCUT2D eigenvalue weighted by atomic mass is 9.53. The van der Waals surface area contributed by atoms with Crippen molar-refractivity contribution >= 4 is 5.57 Å². The highest BCUT2D eigenvalue weighted by atomic mass is 127. The summed E-state index contributed by atoms with van der Waals surface area (Å²) in [6, 6.07) is 18.2. The fourth-order valence-corrected chi connectivity index (χ4v) is 9.39. The Bertz CT molecular complexity index is 1190. The molecule has 6 heteroatoms. The van der Waals surface area contributed by atoms with Gasteiger partial charge in [-0.05, 0) is 176 Å². The summed E-state index contributed by atoms with van der Waals surface area (Å²) in [5.41, 5.74) is 5.98. The minimum absolute atomic E-state index is 0. The van der Waals surface area contributed by atoms with Crippen molar-refractivity contribution in [3.05, 3.63) is 65.2 Å².